The third kappa shape index (κ3) is 1.57. The molecule has 1 aromatic carbocycles. The minimum atomic E-state index is 0.523. The van der Waals surface area contributed by atoms with Gasteiger partial charge < -0.3 is 10.7 Å². The van der Waals surface area contributed by atoms with Gasteiger partial charge in [-0.15, -0.1) is 0 Å². The molecule has 2 aromatic heterocycles. The lowest BCUT2D eigenvalue weighted by Crippen LogP contribution is -1.87. The third-order valence-electron chi connectivity index (χ3n) is 2.68. The molecule has 0 saturated heterocycles. The number of hydrogen-bond donors (Lipinski definition) is 2. The van der Waals surface area contributed by atoms with Crippen LogP contribution in [0.4, 0.5) is 5.69 Å². The number of aromatic amines is 1. The number of nitrogens with two attached hydrogens (primary N) is 1. The van der Waals surface area contributed by atoms with Gasteiger partial charge in [0, 0.05) is 6.20 Å². The molecule has 18 heavy (non-hydrogen) atoms. The molecule has 0 saturated carbocycles. The summed E-state index contributed by atoms with van der Waals surface area (Å²) >= 11 is 0. The number of hydrogen-bond acceptors (Lipinski definition) is 4. The zero-order valence-electron chi connectivity index (χ0n) is 9.38. The topological polar surface area (TPSA) is 91.4 Å². The van der Waals surface area contributed by atoms with E-state index in [0.29, 0.717) is 22.8 Å². The van der Waals surface area contributed by atoms with E-state index in [1.54, 1.807) is 18.2 Å². The highest BCUT2D eigenvalue weighted by molar-refractivity contribution is 5.88. The highest BCUT2D eigenvalue weighted by Crippen LogP contribution is 2.22. The maximum absolute atomic E-state index is 8.72. The maximum Gasteiger partial charge on any atom is 0.157 e. The third-order valence-corrected chi connectivity index (χ3v) is 2.68. The van der Waals surface area contributed by atoms with E-state index in [0.717, 1.165) is 11.0 Å². The van der Waals surface area contributed by atoms with E-state index in [9.17, 15) is 0 Å². The van der Waals surface area contributed by atoms with E-state index in [2.05, 4.69) is 15.0 Å². The van der Waals surface area contributed by atoms with Gasteiger partial charge in [0.25, 0.3) is 0 Å². The lowest BCUT2D eigenvalue weighted by Gasteiger charge is -1.94. The van der Waals surface area contributed by atoms with Crippen molar-refractivity contribution in [3.8, 4) is 17.6 Å². The van der Waals surface area contributed by atoms with Crippen molar-refractivity contribution in [1.29, 1.82) is 5.26 Å². The van der Waals surface area contributed by atoms with Crippen molar-refractivity contribution < 1.29 is 0 Å². The minimum absolute atomic E-state index is 0.523. The first-order chi connectivity index (χ1) is 8.78. The van der Waals surface area contributed by atoms with Crippen LogP contribution >= 0.6 is 0 Å². The molecule has 0 spiro atoms. The van der Waals surface area contributed by atoms with Crippen LogP contribution in [0.5, 0.6) is 0 Å². The van der Waals surface area contributed by atoms with Gasteiger partial charge in [-0.05, 0) is 24.3 Å². The summed E-state index contributed by atoms with van der Waals surface area (Å²) in [5.41, 5.74) is 9.29. The van der Waals surface area contributed by atoms with Crippen molar-refractivity contribution in [3.05, 3.63) is 42.1 Å². The van der Waals surface area contributed by atoms with Gasteiger partial charge in [-0.2, -0.15) is 5.26 Å². The van der Waals surface area contributed by atoms with Crippen LogP contribution in [-0.2, 0) is 0 Å². The molecular weight excluding hydrogens is 226 g/mol. The van der Waals surface area contributed by atoms with Crippen LogP contribution in [0.2, 0.25) is 0 Å². The number of H-pyrrole nitrogens is 1. The van der Waals surface area contributed by atoms with Gasteiger partial charge in [-0.25, -0.2) is 4.98 Å². The fourth-order valence-electron chi connectivity index (χ4n) is 1.78. The Balaban J connectivity index is 2.14. The number of nitrogen functional groups attached to an aromatic ring is 1. The first-order valence-electron chi connectivity index (χ1n) is 5.38. The van der Waals surface area contributed by atoms with E-state index in [-0.39, 0.29) is 0 Å². The van der Waals surface area contributed by atoms with E-state index < -0.39 is 0 Å². The van der Waals surface area contributed by atoms with Crippen molar-refractivity contribution >= 4 is 16.7 Å². The molecule has 0 fully saturated rings. The van der Waals surface area contributed by atoms with Crippen molar-refractivity contribution in [2.75, 3.05) is 5.73 Å². The molecule has 3 N–H and O–H groups in total. The number of aromatic nitrogens is 3. The molecule has 0 aliphatic rings. The normalized spacial score (nSPS) is 10.4. The van der Waals surface area contributed by atoms with E-state index in [1.165, 1.54) is 6.20 Å². The Labute approximate surface area is 103 Å². The Kier molecular flexibility index (Phi) is 2.21. The van der Waals surface area contributed by atoms with Crippen molar-refractivity contribution in [2.24, 2.45) is 0 Å². The Morgan fingerprint density at radius 2 is 2.11 bits per heavy atom. The predicted molar refractivity (Wildman–Crippen MR) is 68.5 cm³/mol. The molecule has 3 aromatic rings. The summed E-state index contributed by atoms with van der Waals surface area (Å²) in [6.07, 6.45) is 1.52. The summed E-state index contributed by atoms with van der Waals surface area (Å²) in [4.78, 5) is 11.8. The van der Waals surface area contributed by atoms with Crippen molar-refractivity contribution in [2.45, 2.75) is 0 Å². The lowest BCUT2D eigenvalue weighted by molar-refractivity contribution is 1.23. The second-order valence-corrected chi connectivity index (χ2v) is 3.87. The molecule has 0 unspecified atom stereocenters. The van der Waals surface area contributed by atoms with Gasteiger partial charge in [0.15, 0.2) is 5.82 Å². The average Bonchev–Trinajstić information content (AvgIpc) is 2.84. The van der Waals surface area contributed by atoms with Gasteiger partial charge in [-0.3, -0.25) is 4.98 Å². The van der Waals surface area contributed by atoms with Crippen LogP contribution in [0.1, 0.15) is 5.56 Å². The SMILES string of the molecule is N#Cc1ccc(-c2nc3c(N)cccc3[nH]2)nc1. The molecule has 0 atom stereocenters. The lowest BCUT2D eigenvalue weighted by atomic mass is 10.2. The van der Waals surface area contributed by atoms with Crippen molar-refractivity contribution in [3.63, 3.8) is 0 Å². The molecule has 0 bridgehead atoms. The summed E-state index contributed by atoms with van der Waals surface area (Å²) in [5, 5.41) is 8.72. The second-order valence-electron chi connectivity index (χ2n) is 3.87. The standard InChI is InChI=1S/C13H9N5/c14-6-8-4-5-11(16-7-8)13-17-10-3-1-2-9(15)12(10)18-13/h1-5,7H,15H2,(H,17,18). The number of anilines is 1. The Hall–Kier alpha value is -2.87. The maximum atomic E-state index is 8.72. The van der Waals surface area contributed by atoms with Gasteiger partial charge in [0.2, 0.25) is 0 Å². The summed E-state index contributed by atoms with van der Waals surface area (Å²) in [5.74, 6) is 0.646. The summed E-state index contributed by atoms with van der Waals surface area (Å²) in [6, 6.07) is 11.1. The number of pyridine rings is 1. The number of rotatable bonds is 1. The smallest absolute Gasteiger partial charge is 0.157 e. The fraction of sp³-hybridized carbons (Fsp3) is 0. The first kappa shape index (κ1) is 10.3. The zero-order chi connectivity index (χ0) is 12.5. The Morgan fingerprint density at radius 1 is 1.22 bits per heavy atom. The number of nitrogens with zero attached hydrogens (tertiary/aromatic N) is 3. The fourth-order valence-corrected chi connectivity index (χ4v) is 1.78. The molecule has 86 valence electrons. The largest absolute Gasteiger partial charge is 0.397 e. The van der Waals surface area contributed by atoms with Crippen LogP contribution in [0.15, 0.2) is 36.5 Å². The highest BCUT2D eigenvalue weighted by atomic mass is 15.0. The number of imidazole rings is 1. The Morgan fingerprint density at radius 3 is 2.78 bits per heavy atom. The zero-order valence-corrected chi connectivity index (χ0v) is 9.38. The van der Waals surface area contributed by atoms with Crippen molar-refractivity contribution in [1.82, 2.24) is 15.0 Å². The van der Waals surface area contributed by atoms with Gasteiger partial charge in [0.1, 0.15) is 17.3 Å². The molecular formula is C13H9N5. The second kappa shape index (κ2) is 3.86. The van der Waals surface area contributed by atoms with E-state index in [4.69, 9.17) is 11.0 Å². The van der Waals surface area contributed by atoms with Crippen LogP contribution in [-0.4, -0.2) is 15.0 Å². The monoisotopic (exact) mass is 235 g/mol. The van der Waals surface area contributed by atoms with Crippen LogP contribution < -0.4 is 5.73 Å². The number of fused-ring (bicyclic) bond motifs is 1. The molecule has 0 amide bonds. The quantitative estimate of drug-likeness (QED) is 0.631. The van der Waals surface area contributed by atoms with Crippen LogP contribution in [0.25, 0.3) is 22.6 Å². The summed E-state index contributed by atoms with van der Waals surface area (Å²) < 4.78 is 0. The molecule has 0 aliphatic heterocycles. The van der Waals surface area contributed by atoms with E-state index >= 15 is 0 Å². The average molecular weight is 235 g/mol. The molecule has 2 heterocycles. The molecule has 3 rings (SSSR count). The first-order valence-corrected chi connectivity index (χ1v) is 5.38. The summed E-state index contributed by atoms with van der Waals surface area (Å²) in [7, 11) is 0. The Bertz CT molecular complexity index is 749. The van der Waals surface area contributed by atoms with Crippen LogP contribution in [0, 0.1) is 11.3 Å². The minimum Gasteiger partial charge on any atom is -0.397 e. The molecule has 0 radical (unpaired) electrons. The predicted octanol–water partition coefficient (Wildman–Crippen LogP) is 2.08. The van der Waals surface area contributed by atoms with E-state index in [1.807, 2.05) is 18.2 Å². The molecule has 0 aliphatic carbocycles. The number of para-hydroxylation sites is 1. The number of nitrogens with one attached hydrogen (secondary N) is 1. The number of nitriles is 1. The highest BCUT2D eigenvalue weighted by Gasteiger charge is 2.08. The van der Waals surface area contributed by atoms with Gasteiger partial charge in [-0.1, -0.05) is 6.07 Å². The molecule has 5 nitrogen and oxygen atoms in total. The van der Waals surface area contributed by atoms with Gasteiger partial charge in [0.05, 0.1) is 16.8 Å². The molecule has 5 heteroatoms. The van der Waals surface area contributed by atoms with Crippen LogP contribution in [0.3, 0.4) is 0 Å². The summed E-state index contributed by atoms with van der Waals surface area (Å²) in [6.45, 7) is 0. The van der Waals surface area contributed by atoms with Gasteiger partial charge >= 0.3 is 0 Å². The number of benzene rings is 1.